The highest BCUT2D eigenvalue weighted by Crippen LogP contribution is 2.06. The van der Waals surface area contributed by atoms with Gasteiger partial charge in [-0.1, -0.05) is 35.5 Å². The Morgan fingerprint density at radius 1 is 1.23 bits per heavy atom. The van der Waals surface area contributed by atoms with Crippen molar-refractivity contribution in [3.63, 3.8) is 0 Å². The molecule has 0 radical (unpaired) electrons. The lowest BCUT2D eigenvalue weighted by atomic mass is 10.2. The van der Waals surface area contributed by atoms with E-state index in [1.54, 1.807) is 30.7 Å². The van der Waals surface area contributed by atoms with E-state index in [4.69, 9.17) is 14.8 Å². The average Bonchev–Trinajstić information content (AvgIpc) is 2.59. The Balaban J connectivity index is 2.23. The molecule has 0 saturated carbocycles. The molecule has 0 unspecified atom stereocenters. The van der Waals surface area contributed by atoms with Crippen LogP contribution in [0, 0.1) is 11.5 Å². The fraction of sp³-hybridized carbons (Fsp3) is 0.125. The third-order valence-corrected chi connectivity index (χ3v) is 2.71. The Labute approximate surface area is 128 Å². The van der Waals surface area contributed by atoms with Crippen molar-refractivity contribution in [3.05, 3.63) is 66.0 Å². The number of aliphatic imine (C=N–C) groups is 1. The Morgan fingerprint density at radius 3 is 2.68 bits per heavy atom. The van der Waals surface area contributed by atoms with Crippen molar-refractivity contribution in [1.82, 2.24) is 4.98 Å². The summed E-state index contributed by atoms with van der Waals surface area (Å²) < 4.78 is 5.10. The van der Waals surface area contributed by atoms with Crippen LogP contribution >= 0.6 is 0 Å². The molecule has 0 aliphatic heterocycles. The first kappa shape index (κ1) is 15.2. The first-order valence-electron chi connectivity index (χ1n) is 6.50. The van der Waals surface area contributed by atoms with E-state index in [0.29, 0.717) is 17.9 Å². The minimum Gasteiger partial charge on any atom is -0.479 e. The lowest BCUT2D eigenvalue weighted by Gasteiger charge is -2.07. The molecule has 110 valence electrons. The molecule has 1 heterocycles. The van der Waals surface area contributed by atoms with Crippen LogP contribution in [-0.4, -0.2) is 23.7 Å². The number of ether oxygens (including phenoxy) is 1. The predicted molar refractivity (Wildman–Crippen MR) is 82.1 cm³/mol. The molecule has 22 heavy (non-hydrogen) atoms. The fourth-order valence-corrected chi connectivity index (χ4v) is 1.70. The summed E-state index contributed by atoms with van der Waals surface area (Å²) in [6, 6.07) is 13.2. The van der Waals surface area contributed by atoms with Gasteiger partial charge in [-0.2, -0.15) is 5.26 Å². The van der Waals surface area contributed by atoms with Crippen molar-refractivity contribution in [2.45, 2.75) is 6.61 Å². The lowest BCUT2D eigenvalue weighted by molar-refractivity contribution is 0.131. The summed E-state index contributed by atoms with van der Waals surface area (Å²) in [4.78, 5) is 13.0. The van der Waals surface area contributed by atoms with Crippen LogP contribution in [0.5, 0.6) is 0 Å². The van der Waals surface area contributed by atoms with Gasteiger partial charge in [0, 0.05) is 18.0 Å². The number of oxime groups is 1. The summed E-state index contributed by atoms with van der Waals surface area (Å²) in [5.41, 5.74) is 1.94. The molecule has 0 amide bonds. The molecule has 6 nitrogen and oxygen atoms in total. The molecule has 2 rings (SSSR count). The zero-order valence-corrected chi connectivity index (χ0v) is 12.0. The number of hydrogen-bond donors (Lipinski definition) is 0. The largest absolute Gasteiger partial charge is 0.479 e. The zero-order valence-electron chi connectivity index (χ0n) is 12.0. The van der Waals surface area contributed by atoms with Crippen molar-refractivity contribution in [2.24, 2.45) is 10.1 Å². The minimum atomic E-state index is 0.0727. The summed E-state index contributed by atoms with van der Waals surface area (Å²) in [6.45, 7) is 0.300. The van der Waals surface area contributed by atoms with Crippen molar-refractivity contribution < 1.29 is 9.57 Å². The first-order valence-corrected chi connectivity index (χ1v) is 6.50. The second kappa shape index (κ2) is 8.17. The van der Waals surface area contributed by atoms with Crippen molar-refractivity contribution >= 4 is 11.6 Å². The van der Waals surface area contributed by atoms with Crippen LogP contribution in [0.3, 0.4) is 0 Å². The standard InChI is InChI=1S/C16H14N4O2/c1-21-16(19-12-17)15(14-8-5-9-18-10-14)20-22-11-13-6-3-2-4-7-13/h2-10H,11H2,1H3. The second-order valence-corrected chi connectivity index (χ2v) is 4.16. The number of hydrogen-bond acceptors (Lipinski definition) is 6. The molecule has 6 heteroatoms. The third kappa shape index (κ3) is 4.15. The minimum absolute atomic E-state index is 0.0727. The highest BCUT2D eigenvalue weighted by molar-refractivity contribution is 6.45. The van der Waals surface area contributed by atoms with Crippen molar-refractivity contribution in [3.8, 4) is 6.19 Å². The summed E-state index contributed by atoms with van der Waals surface area (Å²) in [6.07, 6.45) is 4.92. The Hall–Kier alpha value is -3.20. The monoisotopic (exact) mass is 294 g/mol. The molecule has 2 aromatic rings. The maximum Gasteiger partial charge on any atom is 0.254 e. The number of nitriles is 1. The molecule has 0 aliphatic carbocycles. The molecule has 0 saturated heterocycles. The topological polar surface area (TPSA) is 79.9 Å². The van der Waals surface area contributed by atoms with Crippen LogP contribution in [0.15, 0.2) is 65.0 Å². The number of aromatic nitrogens is 1. The van der Waals surface area contributed by atoms with E-state index in [1.165, 1.54) is 7.11 Å². The Kier molecular flexibility index (Phi) is 5.64. The van der Waals surface area contributed by atoms with Gasteiger partial charge < -0.3 is 9.57 Å². The van der Waals surface area contributed by atoms with Gasteiger partial charge in [0.15, 0.2) is 5.71 Å². The number of benzene rings is 1. The summed E-state index contributed by atoms with van der Waals surface area (Å²) in [7, 11) is 1.42. The smallest absolute Gasteiger partial charge is 0.254 e. The molecule has 0 fully saturated rings. The number of nitrogens with zero attached hydrogens (tertiary/aromatic N) is 4. The van der Waals surface area contributed by atoms with Gasteiger partial charge in [0.2, 0.25) is 6.19 Å². The summed E-state index contributed by atoms with van der Waals surface area (Å²) in [5, 5.41) is 12.8. The van der Waals surface area contributed by atoms with Crippen molar-refractivity contribution in [2.75, 3.05) is 7.11 Å². The molecule has 0 atom stereocenters. The third-order valence-electron chi connectivity index (χ3n) is 2.71. The van der Waals surface area contributed by atoms with E-state index < -0.39 is 0 Å². The normalized spacial score (nSPS) is 11.6. The van der Waals surface area contributed by atoms with E-state index in [1.807, 2.05) is 30.3 Å². The molecular weight excluding hydrogens is 280 g/mol. The SMILES string of the molecule is COC(=NC#N)C(=NOCc1ccccc1)c1cccnc1. The number of methoxy groups -OCH3 is 1. The molecule has 0 N–H and O–H groups in total. The van der Waals surface area contributed by atoms with E-state index in [0.717, 1.165) is 5.56 Å². The van der Waals surface area contributed by atoms with Gasteiger partial charge in [0.1, 0.15) is 6.61 Å². The average molecular weight is 294 g/mol. The van der Waals surface area contributed by atoms with Gasteiger partial charge in [-0.25, -0.2) is 0 Å². The highest BCUT2D eigenvalue weighted by atomic mass is 16.6. The summed E-state index contributed by atoms with van der Waals surface area (Å²) in [5.74, 6) is 0.0727. The van der Waals surface area contributed by atoms with Crippen LogP contribution in [0.25, 0.3) is 0 Å². The Bertz CT molecular complexity index is 691. The van der Waals surface area contributed by atoms with Gasteiger partial charge in [0.05, 0.1) is 7.11 Å². The van der Waals surface area contributed by atoms with Gasteiger partial charge in [-0.15, -0.1) is 4.99 Å². The molecule has 1 aromatic heterocycles. The highest BCUT2D eigenvalue weighted by Gasteiger charge is 2.14. The zero-order chi connectivity index (χ0) is 15.6. The maximum absolute atomic E-state index is 8.74. The second-order valence-electron chi connectivity index (χ2n) is 4.16. The lowest BCUT2D eigenvalue weighted by Crippen LogP contribution is -2.18. The quantitative estimate of drug-likeness (QED) is 0.367. The number of pyridine rings is 1. The van der Waals surface area contributed by atoms with Crippen LogP contribution in [0.2, 0.25) is 0 Å². The first-order chi connectivity index (χ1) is 10.8. The van der Waals surface area contributed by atoms with E-state index in [9.17, 15) is 0 Å². The van der Waals surface area contributed by atoms with Gasteiger partial charge in [-0.3, -0.25) is 4.98 Å². The van der Waals surface area contributed by atoms with E-state index >= 15 is 0 Å². The van der Waals surface area contributed by atoms with E-state index in [-0.39, 0.29) is 5.90 Å². The number of rotatable bonds is 5. The fourth-order valence-electron chi connectivity index (χ4n) is 1.70. The molecule has 0 bridgehead atoms. The predicted octanol–water partition coefficient (Wildman–Crippen LogP) is 2.53. The van der Waals surface area contributed by atoms with Crippen LogP contribution in [-0.2, 0) is 16.2 Å². The van der Waals surface area contributed by atoms with Gasteiger partial charge >= 0.3 is 0 Å². The van der Waals surface area contributed by atoms with Gasteiger partial charge in [-0.05, 0) is 17.7 Å². The van der Waals surface area contributed by atoms with Gasteiger partial charge in [0.25, 0.3) is 5.90 Å². The molecule has 0 aliphatic rings. The summed E-state index contributed by atoms with van der Waals surface area (Å²) >= 11 is 0. The van der Waals surface area contributed by atoms with E-state index in [2.05, 4.69) is 15.1 Å². The van der Waals surface area contributed by atoms with Crippen molar-refractivity contribution in [1.29, 1.82) is 5.26 Å². The van der Waals surface area contributed by atoms with Crippen LogP contribution in [0.4, 0.5) is 0 Å². The molecule has 1 aromatic carbocycles. The molecular formula is C16H14N4O2. The molecule has 0 spiro atoms. The van der Waals surface area contributed by atoms with Crippen LogP contribution < -0.4 is 0 Å². The maximum atomic E-state index is 8.74. The Morgan fingerprint density at radius 2 is 2.05 bits per heavy atom. The van der Waals surface area contributed by atoms with Crippen LogP contribution in [0.1, 0.15) is 11.1 Å².